The Hall–Kier alpha value is -2.95. The third kappa shape index (κ3) is 3.70. The van der Waals surface area contributed by atoms with Gasteiger partial charge in [-0.2, -0.15) is 5.10 Å². The number of pyridine rings is 1. The van der Waals surface area contributed by atoms with Crippen LogP contribution in [-0.4, -0.2) is 32.1 Å². The molecular formula is C23H26N4O. The standard InChI is InChI=1S/C23H26N4O/c1-17-15-24-13-12-19(17)20-16-26(2)25-23(20)21-9-6-14-27(21)22(28)11-10-18-7-4-3-5-8-18/h3-5,7-8,12-13,15-16,21H,6,9-11,14H2,1-2H3/t21-/m0/s1. The quantitative estimate of drug-likeness (QED) is 0.676. The van der Waals surface area contributed by atoms with Gasteiger partial charge >= 0.3 is 0 Å². The van der Waals surface area contributed by atoms with Crippen LogP contribution in [0.25, 0.3) is 11.1 Å². The van der Waals surface area contributed by atoms with Gasteiger partial charge in [0.25, 0.3) is 0 Å². The number of carbonyl (C=O) groups excluding carboxylic acids is 1. The Morgan fingerprint density at radius 1 is 1.18 bits per heavy atom. The lowest BCUT2D eigenvalue weighted by atomic mass is 9.98. The molecule has 0 N–H and O–H groups in total. The second kappa shape index (κ2) is 7.97. The predicted octanol–water partition coefficient (Wildman–Crippen LogP) is 4.09. The second-order valence-corrected chi connectivity index (χ2v) is 7.52. The maximum Gasteiger partial charge on any atom is 0.223 e. The third-order valence-electron chi connectivity index (χ3n) is 5.53. The molecule has 144 valence electrons. The first-order valence-electron chi connectivity index (χ1n) is 9.91. The molecule has 2 aromatic heterocycles. The zero-order chi connectivity index (χ0) is 19.5. The Balaban J connectivity index is 1.57. The first-order chi connectivity index (χ1) is 13.6. The summed E-state index contributed by atoms with van der Waals surface area (Å²) < 4.78 is 1.86. The van der Waals surface area contributed by atoms with E-state index in [0.29, 0.717) is 6.42 Å². The van der Waals surface area contributed by atoms with Crippen LogP contribution >= 0.6 is 0 Å². The van der Waals surface area contributed by atoms with Crippen molar-refractivity contribution in [1.82, 2.24) is 19.7 Å². The van der Waals surface area contributed by atoms with Crippen LogP contribution in [0.4, 0.5) is 0 Å². The number of rotatable bonds is 5. The fourth-order valence-corrected chi connectivity index (χ4v) is 4.12. The van der Waals surface area contributed by atoms with E-state index in [1.165, 1.54) is 5.56 Å². The lowest BCUT2D eigenvalue weighted by Crippen LogP contribution is -2.31. The number of nitrogens with zero attached hydrogens (tertiary/aromatic N) is 4. The van der Waals surface area contributed by atoms with Gasteiger partial charge in [0, 0.05) is 44.2 Å². The van der Waals surface area contributed by atoms with E-state index in [2.05, 4.69) is 30.2 Å². The van der Waals surface area contributed by atoms with Crippen molar-refractivity contribution >= 4 is 5.91 Å². The van der Waals surface area contributed by atoms with Gasteiger partial charge in [0.05, 0.1) is 11.7 Å². The Morgan fingerprint density at radius 3 is 2.79 bits per heavy atom. The zero-order valence-electron chi connectivity index (χ0n) is 16.5. The van der Waals surface area contributed by atoms with Gasteiger partial charge in [0.15, 0.2) is 0 Å². The molecule has 0 spiro atoms. The Kier molecular flexibility index (Phi) is 5.24. The largest absolute Gasteiger partial charge is 0.334 e. The molecule has 0 unspecified atom stereocenters. The van der Waals surface area contributed by atoms with Crippen molar-refractivity contribution in [2.24, 2.45) is 7.05 Å². The number of hydrogen-bond acceptors (Lipinski definition) is 3. The molecule has 0 aliphatic carbocycles. The number of benzene rings is 1. The summed E-state index contributed by atoms with van der Waals surface area (Å²) in [7, 11) is 1.94. The first-order valence-corrected chi connectivity index (χ1v) is 9.91. The molecule has 0 saturated carbocycles. The predicted molar refractivity (Wildman–Crippen MR) is 110 cm³/mol. The number of amides is 1. The number of likely N-dealkylation sites (tertiary alicyclic amines) is 1. The van der Waals surface area contributed by atoms with Gasteiger partial charge in [-0.3, -0.25) is 14.5 Å². The van der Waals surface area contributed by atoms with Crippen LogP contribution < -0.4 is 0 Å². The van der Waals surface area contributed by atoms with E-state index in [1.54, 1.807) is 0 Å². The number of carbonyl (C=O) groups is 1. The smallest absolute Gasteiger partial charge is 0.223 e. The van der Waals surface area contributed by atoms with Gasteiger partial charge in [-0.25, -0.2) is 0 Å². The summed E-state index contributed by atoms with van der Waals surface area (Å²) in [6.45, 7) is 2.88. The molecule has 1 atom stereocenters. The van der Waals surface area contributed by atoms with Gasteiger partial charge in [-0.05, 0) is 48.9 Å². The molecule has 1 amide bonds. The minimum absolute atomic E-state index is 0.0482. The van der Waals surface area contributed by atoms with Crippen molar-refractivity contribution < 1.29 is 4.79 Å². The van der Waals surface area contributed by atoms with Gasteiger partial charge in [0.2, 0.25) is 5.91 Å². The lowest BCUT2D eigenvalue weighted by molar-refractivity contribution is -0.132. The molecule has 3 heterocycles. The van der Waals surface area contributed by atoms with Gasteiger partial charge in [-0.15, -0.1) is 0 Å². The average molecular weight is 374 g/mol. The molecule has 1 saturated heterocycles. The van der Waals surface area contributed by atoms with Crippen LogP contribution in [0.1, 0.15) is 42.1 Å². The summed E-state index contributed by atoms with van der Waals surface area (Å²) in [6.07, 6.45) is 9.05. The third-order valence-corrected chi connectivity index (χ3v) is 5.53. The molecule has 1 aliphatic heterocycles. The molecule has 1 aromatic carbocycles. The number of hydrogen-bond donors (Lipinski definition) is 0. The average Bonchev–Trinajstić information content (AvgIpc) is 3.34. The summed E-state index contributed by atoms with van der Waals surface area (Å²) in [6, 6.07) is 12.3. The molecule has 5 heteroatoms. The van der Waals surface area contributed by atoms with E-state index in [4.69, 9.17) is 5.10 Å². The van der Waals surface area contributed by atoms with Crippen molar-refractivity contribution in [2.75, 3.05) is 6.54 Å². The molecule has 28 heavy (non-hydrogen) atoms. The topological polar surface area (TPSA) is 51.0 Å². The molecule has 1 fully saturated rings. The highest BCUT2D eigenvalue weighted by Crippen LogP contribution is 2.38. The maximum absolute atomic E-state index is 13.0. The van der Waals surface area contributed by atoms with Crippen molar-refractivity contribution in [3.05, 3.63) is 71.8 Å². The minimum atomic E-state index is 0.0482. The Bertz CT molecular complexity index is 964. The lowest BCUT2D eigenvalue weighted by Gasteiger charge is -2.24. The van der Waals surface area contributed by atoms with Crippen LogP contribution in [0.15, 0.2) is 55.0 Å². The SMILES string of the molecule is Cc1cnccc1-c1cn(C)nc1[C@@H]1CCCN1C(=O)CCc1ccccc1. The van der Waals surface area contributed by atoms with Gasteiger partial charge in [0.1, 0.15) is 0 Å². The van der Waals surface area contributed by atoms with Crippen molar-refractivity contribution in [2.45, 2.75) is 38.6 Å². The second-order valence-electron chi connectivity index (χ2n) is 7.52. The Labute approximate surface area is 166 Å². The number of aryl methyl sites for hydroxylation is 3. The highest BCUT2D eigenvalue weighted by molar-refractivity contribution is 5.78. The van der Waals surface area contributed by atoms with E-state index in [1.807, 2.05) is 53.3 Å². The first kappa shape index (κ1) is 18.4. The van der Waals surface area contributed by atoms with Crippen LogP contribution in [0.3, 0.4) is 0 Å². The van der Waals surface area contributed by atoms with Gasteiger partial charge in [-0.1, -0.05) is 30.3 Å². The monoisotopic (exact) mass is 374 g/mol. The molecule has 1 aliphatic rings. The molecule has 4 rings (SSSR count). The summed E-state index contributed by atoms with van der Waals surface area (Å²) in [5.74, 6) is 0.217. The molecule has 5 nitrogen and oxygen atoms in total. The van der Waals surface area contributed by atoms with Crippen molar-refractivity contribution in [3.63, 3.8) is 0 Å². The summed E-state index contributed by atoms with van der Waals surface area (Å²) >= 11 is 0. The zero-order valence-corrected chi connectivity index (χ0v) is 16.5. The van der Waals surface area contributed by atoms with Crippen LogP contribution in [0.5, 0.6) is 0 Å². The van der Waals surface area contributed by atoms with E-state index in [-0.39, 0.29) is 11.9 Å². The van der Waals surface area contributed by atoms with E-state index in [0.717, 1.165) is 48.2 Å². The molecule has 0 bridgehead atoms. The van der Waals surface area contributed by atoms with Gasteiger partial charge < -0.3 is 4.90 Å². The summed E-state index contributed by atoms with van der Waals surface area (Å²) in [5.41, 5.74) is 5.58. The van der Waals surface area contributed by atoms with E-state index >= 15 is 0 Å². The number of aromatic nitrogens is 3. The minimum Gasteiger partial charge on any atom is -0.334 e. The summed E-state index contributed by atoms with van der Waals surface area (Å²) in [5, 5.41) is 4.76. The van der Waals surface area contributed by atoms with E-state index < -0.39 is 0 Å². The normalized spacial score (nSPS) is 16.5. The highest BCUT2D eigenvalue weighted by Gasteiger charge is 2.33. The summed E-state index contributed by atoms with van der Waals surface area (Å²) in [4.78, 5) is 19.2. The van der Waals surface area contributed by atoms with Crippen LogP contribution in [-0.2, 0) is 18.3 Å². The molecule has 0 radical (unpaired) electrons. The van der Waals surface area contributed by atoms with Crippen LogP contribution in [0.2, 0.25) is 0 Å². The maximum atomic E-state index is 13.0. The molecule has 3 aromatic rings. The van der Waals surface area contributed by atoms with E-state index in [9.17, 15) is 4.79 Å². The highest BCUT2D eigenvalue weighted by atomic mass is 16.2. The Morgan fingerprint density at radius 2 is 2.00 bits per heavy atom. The van der Waals surface area contributed by atoms with Crippen molar-refractivity contribution in [3.8, 4) is 11.1 Å². The van der Waals surface area contributed by atoms with Crippen molar-refractivity contribution in [1.29, 1.82) is 0 Å². The fraction of sp³-hybridized carbons (Fsp3) is 0.348. The fourth-order valence-electron chi connectivity index (χ4n) is 4.12. The molecular weight excluding hydrogens is 348 g/mol. The van der Waals surface area contributed by atoms with Crippen LogP contribution in [0, 0.1) is 6.92 Å².